The molecule has 186 valence electrons. The largest absolute Gasteiger partial charge is 0.466 e. The second-order valence-corrected chi connectivity index (χ2v) is 9.79. The summed E-state index contributed by atoms with van der Waals surface area (Å²) in [5.74, 6) is -2.58. The first kappa shape index (κ1) is 24.4. The molecule has 0 unspecified atom stereocenters. The van der Waals surface area contributed by atoms with Crippen molar-refractivity contribution >= 4 is 17.8 Å². The number of likely N-dealkylation sites (tertiary alicyclic amines) is 1. The average Bonchev–Trinajstić information content (AvgIpc) is 3.43. The second-order valence-electron chi connectivity index (χ2n) is 9.79. The third kappa shape index (κ3) is 4.15. The SMILES string of the molecule is CCOC(=O)[C@@H]1[C@H]2C(=O)N([C@@H](CO)C(C)C)[C@H](C(=O)NCCN3CCOCC3)[C@]23CC[C@H]1O3. The van der Waals surface area contributed by atoms with E-state index in [0.29, 0.717) is 39.1 Å². The number of hydrogen-bond acceptors (Lipinski definition) is 8. The van der Waals surface area contributed by atoms with E-state index in [1.165, 1.54) is 4.90 Å². The van der Waals surface area contributed by atoms with Crippen molar-refractivity contribution in [2.75, 3.05) is 52.6 Å². The summed E-state index contributed by atoms with van der Waals surface area (Å²) in [6.07, 6.45) is 0.706. The number of aliphatic hydroxyl groups excluding tert-OH is 1. The standard InChI is InChI=1S/C23H37N3O7/c1-4-32-22(30)17-16-5-6-23(33-16)18(17)21(29)26(15(13-27)14(2)3)19(23)20(28)24-7-8-25-9-11-31-12-10-25/h14-19,27H,4-13H2,1-3H3,(H,24,28)/t15-,16+,17-,18-,19+,23-/m0/s1. The number of hydrogen-bond donors (Lipinski definition) is 2. The number of rotatable bonds is 9. The Morgan fingerprint density at radius 1 is 1.30 bits per heavy atom. The lowest BCUT2D eigenvalue weighted by molar-refractivity contribution is -0.155. The van der Waals surface area contributed by atoms with Crippen LogP contribution >= 0.6 is 0 Å². The molecule has 2 N–H and O–H groups in total. The highest BCUT2D eigenvalue weighted by Crippen LogP contribution is 2.59. The molecule has 10 nitrogen and oxygen atoms in total. The number of carbonyl (C=O) groups excluding carboxylic acids is 3. The molecule has 0 aromatic heterocycles. The van der Waals surface area contributed by atoms with Crippen LogP contribution in [0.4, 0.5) is 0 Å². The fourth-order valence-corrected chi connectivity index (χ4v) is 6.13. The number of ether oxygens (including phenoxy) is 3. The monoisotopic (exact) mass is 467 g/mol. The molecule has 1 spiro atoms. The van der Waals surface area contributed by atoms with Gasteiger partial charge < -0.3 is 29.5 Å². The van der Waals surface area contributed by atoms with E-state index in [-0.39, 0.29) is 30.9 Å². The number of carbonyl (C=O) groups is 3. The van der Waals surface area contributed by atoms with Crippen LogP contribution in [0.5, 0.6) is 0 Å². The van der Waals surface area contributed by atoms with Gasteiger partial charge in [0.05, 0.1) is 50.4 Å². The first-order valence-corrected chi connectivity index (χ1v) is 12.2. The molecule has 0 saturated carbocycles. The number of nitrogens with one attached hydrogen (secondary N) is 1. The predicted molar refractivity (Wildman–Crippen MR) is 117 cm³/mol. The first-order chi connectivity index (χ1) is 15.9. The zero-order chi connectivity index (χ0) is 23.8. The molecule has 4 saturated heterocycles. The number of aliphatic hydroxyl groups is 1. The highest BCUT2D eigenvalue weighted by Gasteiger charge is 2.75. The van der Waals surface area contributed by atoms with Crippen molar-refractivity contribution in [3.63, 3.8) is 0 Å². The van der Waals surface area contributed by atoms with Gasteiger partial charge in [0, 0.05) is 26.2 Å². The highest BCUT2D eigenvalue weighted by molar-refractivity contribution is 5.98. The lowest BCUT2D eigenvalue weighted by Gasteiger charge is -2.38. The van der Waals surface area contributed by atoms with Gasteiger partial charge in [0.2, 0.25) is 11.8 Å². The number of nitrogens with zero attached hydrogens (tertiary/aromatic N) is 2. The van der Waals surface area contributed by atoms with Gasteiger partial charge in [-0.15, -0.1) is 0 Å². The fourth-order valence-electron chi connectivity index (χ4n) is 6.13. The summed E-state index contributed by atoms with van der Waals surface area (Å²) in [6, 6.07) is -1.43. The van der Waals surface area contributed by atoms with Crippen LogP contribution in [0.2, 0.25) is 0 Å². The fraction of sp³-hybridized carbons (Fsp3) is 0.870. The number of morpholine rings is 1. The molecule has 10 heteroatoms. The molecular weight excluding hydrogens is 430 g/mol. The molecule has 4 rings (SSSR count). The normalized spacial score (nSPS) is 34.6. The Labute approximate surface area is 194 Å². The number of esters is 1. The number of amides is 2. The minimum Gasteiger partial charge on any atom is -0.466 e. The van der Waals surface area contributed by atoms with Gasteiger partial charge in [-0.05, 0) is 25.7 Å². The van der Waals surface area contributed by atoms with Gasteiger partial charge in [0.25, 0.3) is 0 Å². The third-order valence-corrected chi connectivity index (χ3v) is 7.69. The summed E-state index contributed by atoms with van der Waals surface area (Å²) in [5, 5.41) is 13.1. The molecule has 2 amide bonds. The van der Waals surface area contributed by atoms with E-state index >= 15 is 0 Å². The Morgan fingerprint density at radius 2 is 2.03 bits per heavy atom. The minimum absolute atomic E-state index is 0.0731. The molecule has 2 bridgehead atoms. The molecule has 33 heavy (non-hydrogen) atoms. The van der Waals surface area contributed by atoms with Gasteiger partial charge in [-0.3, -0.25) is 19.3 Å². The van der Waals surface area contributed by atoms with Gasteiger partial charge in [-0.1, -0.05) is 13.8 Å². The Hall–Kier alpha value is -1.75. The maximum atomic E-state index is 13.8. The van der Waals surface area contributed by atoms with Crippen LogP contribution in [-0.2, 0) is 28.6 Å². The van der Waals surface area contributed by atoms with Crippen molar-refractivity contribution in [2.45, 2.75) is 57.4 Å². The Morgan fingerprint density at radius 3 is 2.67 bits per heavy atom. The van der Waals surface area contributed by atoms with E-state index in [9.17, 15) is 19.5 Å². The Bertz CT molecular complexity index is 756. The molecule has 4 fully saturated rings. The van der Waals surface area contributed by atoms with Gasteiger partial charge in [0.15, 0.2) is 0 Å². The number of fused-ring (bicyclic) bond motifs is 1. The zero-order valence-electron chi connectivity index (χ0n) is 19.8. The summed E-state index contributed by atoms with van der Waals surface area (Å²) >= 11 is 0. The summed E-state index contributed by atoms with van der Waals surface area (Å²) in [6.45, 7) is 9.64. The predicted octanol–water partition coefficient (Wildman–Crippen LogP) is -0.611. The van der Waals surface area contributed by atoms with Crippen molar-refractivity contribution in [3.05, 3.63) is 0 Å². The zero-order valence-corrected chi connectivity index (χ0v) is 19.8. The Balaban J connectivity index is 1.59. The van der Waals surface area contributed by atoms with Crippen molar-refractivity contribution in [3.8, 4) is 0 Å². The van der Waals surface area contributed by atoms with E-state index in [1.54, 1.807) is 6.92 Å². The maximum Gasteiger partial charge on any atom is 0.312 e. The quantitative estimate of drug-likeness (QED) is 0.431. The van der Waals surface area contributed by atoms with E-state index < -0.39 is 41.6 Å². The Kier molecular flexibility index (Phi) is 7.28. The van der Waals surface area contributed by atoms with E-state index in [4.69, 9.17) is 14.2 Å². The lowest BCUT2D eigenvalue weighted by Crippen LogP contribution is -2.59. The van der Waals surface area contributed by atoms with Crippen LogP contribution in [0, 0.1) is 17.8 Å². The van der Waals surface area contributed by atoms with Crippen LogP contribution in [0.15, 0.2) is 0 Å². The van der Waals surface area contributed by atoms with E-state index in [2.05, 4.69) is 10.2 Å². The van der Waals surface area contributed by atoms with Crippen LogP contribution in [0.3, 0.4) is 0 Å². The van der Waals surface area contributed by atoms with Gasteiger partial charge in [0.1, 0.15) is 11.6 Å². The van der Waals surface area contributed by atoms with Gasteiger partial charge in [-0.25, -0.2) is 0 Å². The van der Waals surface area contributed by atoms with Gasteiger partial charge >= 0.3 is 5.97 Å². The summed E-state index contributed by atoms with van der Waals surface area (Å²) in [7, 11) is 0. The maximum absolute atomic E-state index is 13.8. The van der Waals surface area contributed by atoms with Gasteiger partial charge in [-0.2, -0.15) is 0 Å². The highest BCUT2D eigenvalue weighted by atomic mass is 16.6. The van der Waals surface area contributed by atoms with Crippen molar-refractivity contribution < 1.29 is 33.7 Å². The van der Waals surface area contributed by atoms with Crippen molar-refractivity contribution in [1.29, 1.82) is 0 Å². The molecule has 4 aliphatic heterocycles. The molecule has 0 aliphatic carbocycles. The third-order valence-electron chi connectivity index (χ3n) is 7.69. The van der Waals surface area contributed by atoms with Crippen LogP contribution in [0.1, 0.15) is 33.6 Å². The smallest absolute Gasteiger partial charge is 0.312 e. The molecule has 4 aliphatic rings. The van der Waals surface area contributed by atoms with Crippen LogP contribution in [-0.4, -0.2) is 109 Å². The molecule has 0 aromatic rings. The average molecular weight is 468 g/mol. The summed E-state index contributed by atoms with van der Waals surface area (Å²) in [4.78, 5) is 43.9. The van der Waals surface area contributed by atoms with E-state index in [0.717, 1.165) is 13.1 Å². The molecule has 4 heterocycles. The minimum atomic E-state index is -1.06. The van der Waals surface area contributed by atoms with E-state index in [1.807, 2.05) is 13.8 Å². The van der Waals surface area contributed by atoms with Crippen molar-refractivity contribution in [2.24, 2.45) is 17.8 Å². The second kappa shape index (κ2) is 9.85. The van der Waals surface area contributed by atoms with Crippen LogP contribution in [0.25, 0.3) is 0 Å². The van der Waals surface area contributed by atoms with Crippen molar-refractivity contribution in [1.82, 2.24) is 15.1 Å². The molecule has 0 radical (unpaired) electrons. The van der Waals surface area contributed by atoms with Crippen LogP contribution < -0.4 is 5.32 Å². The lowest BCUT2D eigenvalue weighted by atomic mass is 9.71. The molecule has 0 aromatic carbocycles. The summed E-state index contributed by atoms with van der Waals surface area (Å²) < 4.78 is 17.0. The first-order valence-electron chi connectivity index (χ1n) is 12.2. The molecular formula is C23H37N3O7. The summed E-state index contributed by atoms with van der Waals surface area (Å²) in [5.41, 5.74) is -1.06. The topological polar surface area (TPSA) is 118 Å². The molecule has 6 atom stereocenters.